The van der Waals surface area contributed by atoms with E-state index in [9.17, 15) is 4.79 Å². The molecule has 6 nitrogen and oxygen atoms in total. The van der Waals surface area contributed by atoms with Gasteiger partial charge in [0.15, 0.2) is 5.96 Å². The van der Waals surface area contributed by atoms with E-state index in [1.165, 1.54) is 0 Å². The summed E-state index contributed by atoms with van der Waals surface area (Å²) in [4.78, 5) is 18.1. The summed E-state index contributed by atoms with van der Waals surface area (Å²) in [5.74, 6) is 1.01. The minimum absolute atomic E-state index is 0. The maximum atomic E-state index is 11.7. The summed E-state index contributed by atoms with van der Waals surface area (Å²) in [5, 5.41) is 6.64. The van der Waals surface area contributed by atoms with E-state index < -0.39 is 0 Å². The van der Waals surface area contributed by atoms with Crippen LogP contribution in [0.2, 0.25) is 0 Å². The lowest BCUT2D eigenvalue weighted by atomic mass is 10.3. The summed E-state index contributed by atoms with van der Waals surface area (Å²) in [5.41, 5.74) is 1.04. The molecule has 22 heavy (non-hydrogen) atoms. The lowest BCUT2D eigenvalue weighted by molar-refractivity contribution is -0.129. The van der Waals surface area contributed by atoms with Gasteiger partial charge in [-0.2, -0.15) is 0 Å². The quantitative estimate of drug-likeness (QED) is 0.434. The number of hydrogen-bond acceptors (Lipinski definition) is 3. The van der Waals surface area contributed by atoms with Crippen LogP contribution in [0.15, 0.2) is 28.0 Å². The van der Waals surface area contributed by atoms with Crippen molar-refractivity contribution in [3.63, 3.8) is 0 Å². The number of halogens is 1. The molecule has 0 saturated carbocycles. The van der Waals surface area contributed by atoms with Crippen molar-refractivity contribution in [2.45, 2.75) is 39.3 Å². The summed E-state index contributed by atoms with van der Waals surface area (Å²) >= 11 is 0. The Kier molecular flexibility index (Phi) is 8.29. The number of carbonyl (C=O) groups is 1. The molecule has 7 heteroatoms. The van der Waals surface area contributed by atoms with Crippen LogP contribution in [0, 0.1) is 0 Å². The topological polar surface area (TPSA) is 69.9 Å². The molecule has 1 saturated heterocycles. The summed E-state index contributed by atoms with van der Waals surface area (Å²) in [6.45, 7) is 6.90. The first-order chi connectivity index (χ1) is 10.2. The molecule has 2 heterocycles. The number of nitrogens with one attached hydrogen (secondary N) is 2. The summed E-state index contributed by atoms with van der Waals surface area (Å²) in [6.07, 6.45) is 4.88. The highest BCUT2D eigenvalue weighted by Crippen LogP contribution is 2.10. The molecular formula is C15H25IN4O2. The van der Waals surface area contributed by atoms with E-state index in [-0.39, 0.29) is 35.9 Å². The smallest absolute Gasteiger partial charge is 0.222 e. The number of guanidine groups is 1. The number of nitrogens with zero attached hydrogens (tertiary/aromatic N) is 2. The van der Waals surface area contributed by atoms with Gasteiger partial charge in [0.2, 0.25) is 5.91 Å². The Bertz CT molecular complexity index is 476. The van der Waals surface area contributed by atoms with Crippen LogP contribution in [0.5, 0.6) is 0 Å². The summed E-state index contributed by atoms with van der Waals surface area (Å²) in [7, 11) is 0. The minimum atomic E-state index is 0. The van der Waals surface area contributed by atoms with Crippen molar-refractivity contribution >= 4 is 35.8 Å². The van der Waals surface area contributed by atoms with Gasteiger partial charge in [-0.05, 0) is 19.4 Å². The van der Waals surface area contributed by atoms with E-state index in [1.54, 1.807) is 12.5 Å². The normalized spacial score (nSPS) is 18.0. The van der Waals surface area contributed by atoms with E-state index in [4.69, 9.17) is 4.42 Å². The number of hydrogen-bond donors (Lipinski definition) is 2. The predicted octanol–water partition coefficient (Wildman–Crippen LogP) is 1.96. The van der Waals surface area contributed by atoms with Gasteiger partial charge in [0.25, 0.3) is 0 Å². The van der Waals surface area contributed by atoms with E-state index in [0.29, 0.717) is 13.0 Å². The Morgan fingerprint density at radius 2 is 2.32 bits per heavy atom. The van der Waals surface area contributed by atoms with Gasteiger partial charge in [0.1, 0.15) is 0 Å². The zero-order valence-corrected chi connectivity index (χ0v) is 15.5. The van der Waals surface area contributed by atoms with Crippen LogP contribution < -0.4 is 10.6 Å². The molecule has 0 bridgehead atoms. The van der Waals surface area contributed by atoms with Crippen LogP contribution in [0.25, 0.3) is 0 Å². The molecule has 1 unspecified atom stereocenters. The number of carbonyl (C=O) groups excluding carboxylic acids is 1. The number of aliphatic imine (C=N–C) groups is 1. The summed E-state index contributed by atoms with van der Waals surface area (Å²) in [6, 6.07) is 2.17. The van der Waals surface area contributed by atoms with Crippen molar-refractivity contribution in [1.29, 1.82) is 0 Å². The molecule has 1 aliphatic heterocycles. The average molecular weight is 420 g/mol. The zero-order valence-electron chi connectivity index (χ0n) is 13.2. The predicted molar refractivity (Wildman–Crippen MR) is 97.4 cm³/mol. The Morgan fingerprint density at radius 1 is 1.50 bits per heavy atom. The molecule has 1 amide bonds. The van der Waals surface area contributed by atoms with Gasteiger partial charge in [-0.3, -0.25) is 4.79 Å². The zero-order chi connectivity index (χ0) is 15.1. The molecule has 1 atom stereocenters. The highest BCUT2D eigenvalue weighted by molar-refractivity contribution is 14.0. The standard InChI is InChI=1S/C15H24N4O2.HI/c1-3-14(20)19-7-5-13(10-19)18-15(16-4-2)17-9-12-6-8-21-11-12;/h6,8,11,13H,3-5,7,9-10H2,1-2H3,(H2,16,17,18);1H. The number of furan rings is 1. The van der Waals surface area contributed by atoms with Crippen molar-refractivity contribution in [1.82, 2.24) is 15.5 Å². The van der Waals surface area contributed by atoms with Crippen LogP contribution in [-0.2, 0) is 11.3 Å². The van der Waals surface area contributed by atoms with Gasteiger partial charge in [-0.25, -0.2) is 4.99 Å². The van der Waals surface area contributed by atoms with Gasteiger partial charge in [0, 0.05) is 37.7 Å². The molecule has 0 aromatic carbocycles. The SMILES string of the molecule is CCNC(=NCc1ccoc1)NC1CCN(C(=O)CC)C1.I. The fourth-order valence-electron chi connectivity index (χ4n) is 2.39. The molecular weight excluding hydrogens is 395 g/mol. The van der Waals surface area contributed by atoms with Gasteiger partial charge in [0.05, 0.1) is 19.1 Å². The van der Waals surface area contributed by atoms with Crippen LogP contribution >= 0.6 is 24.0 Å². The molecule has 2 rings (SSSR count). The second kappa shape index (κ2) is 9.70. The van der Waals surface area contributed by atoms with E-state index in [1.807, 2.05) is 24.8 Å². The monoisotopic (exact) mass is 420 g/mol. The second-order valence-corrected chi connectivity index (χ2v) is 5.15. The fraction of sp³-hybridized carbons (Fsp3) is 0.600. The lowest BCUT2D eigenvalue weighted by Gasteiger charge is -2.18. The van der Waals surface area contributed by atoms with Gasteiger partial charge >= 0.3 is 0 Å². The molecule has 0 spiro atoms. The maximum Gasteiger partial charge on any atom is 0.222 e. The molecule has 1 aliphatic rings. The first kappa shape index (κ1) is 18.8. The van der Waals surface area contributed by atoms with Crippen molar-refractivity contribution in [3.8, 4) is 0 Å². The second-order valence-electron chi connectivity index (χ2n) is 5.15. The van der Waals surface area contributed by atoms with Crippen molar-refractivity contribution in [3.05, 3.63) is 24.2 Å². The van der Waals surface area contributed by atoms with Crippen LogP contribution in [0.4, 0.5) is 0 Å². The molecule has 2 N–H and O–H groups in total. The maximum absolute atomic E-state index is 11.7. The lowest BCUT2D eigenvalue weighted by Crippen LogP contribution is -2.45. The molecule has 1 fully saturated rings. The van der Waals surface area contributed by atoms with Crippen molar-refractivity contribution in [2.75, 3.05) is 19.6 Å². The Labute approximate surface area is 148 Å². The Hall–Kier alpha value is -1.25. The molecule has 0 radical (unpaired) electrons. The highest BCUT2D eigenvalue weighted by Gasteiger charge is 2.25. The molecule has 1 aromatic heterocycles. The third kappa shape index (κ3) is 5.51. The van der Waals surface area contributed by atoms with Gasteiger partial charge in [-0.1, -0.05) is 6.92 Å². The average Bonchev–Trinajstić information content (AvgIpc) is 3.15. The first-order valence-corrected chi connectivity index (χ1v) is 7.56. The van der Waals surface area contributed by atoms with Gasteiger partial charge in [-0.15, -0.1) is 24.0 Å². The largest absolute Gasteiger partial charge is 0.472 e. The third-order valence-electron chi connectivity index (χ3n) is 3.53. The van der Waals surface area contributed by atoms with E-state index >= 15 is 0 Å². The van der Waals surface area contributed by atoms with Crippen LogP contribution in [0.1, 0.15) is 32.3 Å². The Balaban J connectivity index is 0.00000242. The molecule has 0 aliphatic carbocycles. The molecule has 1 aromatic rings. The van der Waals surface area contributed by atoms with Crippen LogP contribution in [0.3, 0.4) is 0 Å². The molecule has 124 valence electrons. The Morgan fingerprint density at radius 3 is 2.95 bits per heavy atom. The van der Waals surface area contributed by atoms with E-state index in [0.717, 1.165) is 37.6 Å². The van der Waals surface area contributed by atoms with E-state index in [2.05, 4.69) is 15.6 Å². The first-order valence-electron chi connectivity index (χ1n) is 7.56. The van der Waals surface area contributed by atoms with Crippen molar-refractivity contribution in [2.24, 2.45) is 4.99 Å². The van der Waals surface area contributed by atoms with Crippen LogP contribution in [-0.4, -0.2) is 42.4 Å². The minimum Gasteiger partial charge on any atom is -0.472 e. The highest BCUT2D eigenvalue weighted by atomic mass is 127. The number of amides is 1. The summed E-state index contributed by atoms with van der Waals surface area (Å²) < 4.78 is 5.04. The number of likely N-dealkylation sites (tertiary alicyclic amines) is 1. The third-order valence-corrected chi connectivity index (χ3v) is 3.53. The van der Waals surface area contributed by atoms with Crippen molar-refractivity contribution < 1.29 is 9.21 Å². The number of rotatable bonds is 5. The van der Waals surface area contributed by atoms with Gasteiger partial charge < -0.3 is 20.0 Å². The fourth-order valence-corrected chi connectivity index (χ4v) is 2.39.